The summed E-state index contributed by atoms with van der Waals surface area (Å²) in [5, 5.41) is 8.14. The molecule has 0 fully saturated rings. The first-order valence-electron chi connectivity index (χ1n) is 7.41. The van der Waals surface area contributed by atoms with E-state index < -0.39 is 0 Å². The largest absolute Gasteiger partial charge is 0.304 e. The molecular weight excluding hydrogens is 248 g/mol. The summed E-state index contributed by atoms with van der Waals surface area (Å²) in [6.07, 6.45) is 8.03. The van der Waals surface area contributed by atoms with E-state index in [4.69, 9.17) is 0 Å². The van der Waals surface area contributed by atoms with Crippen LogP contribution in [0.25, 0.3) is 0 Å². The Morgan fingerprint density at radius 2 is 2.05 bits per heavy atom. The van der Waals surface area contributed by atoms with Gasteiger partial charge in [0.25, 0.3) is 0 Å². The predicted octanol–water partition coefficient (Wildman–Crippen LogP) is 3.49. The maximum absolute atomic E-state index is 4.66. The van der Waals surface area contributed by atoms with Crippen molar-refractivity contribution in [3.8, 4) is 0 Å². The van der Waals surface area contributed by atoms with Crippen molar-refractivity contribution in [1.82, 2.24) is 20.1 Å². The first kappa shape index (κ1) is 14.7. The van der Waals surface area contributed by atoms with Crippen LogP contribution >= 0.6 is 0 Å². The molecule has 0 spiro atoms. The van der Waals surface area contributed by atoms with E-state index in [1.54, 1.807) is 6.20 Å². The van der Waals surface area contributed by atoms with Crippen LogP contribution in [0.15, 0.2) is 36.8 Å². The van der Waals surface area contributed by atoms with Gasteiger partial charge in [0.2, 0.25) is 0 Å². The van der Waals surface area contributed by atoms with E-state index >= 15 is 0 Å². The fourth-order valence-corrected chi connectivity index (χ4v) is 2.35. The fourth-order valence-electron chi connectivity index (χ4n) is 2.35. The molecule has 2 heterocycles. The third-order valence-electron chi connectivity index (χ3n) is 3.75. The number of nitrogens with one attached hydrogen (secondary N) is 1. The highest BCUT2D eigenvalue weighted by molar-refractivity contribution is 5.13. The highest BCUT2D eigenvalue weighted by Crippen LogP contribution is 2.15. The Kier molecular flexibility index (Phi) is 5.30. The summed E-state index contributed by atoms with van der Waals surface area (Å²) in [7, 11) is 0. The SMILES string of the molecule is CCC(CC)n1ccc(CN[C@@H](C)c2cccnc2)n1. The van der Waals surface area contributed by atoms with E-state index in [0.717, 1.165) is 25.1 Å². The third-order valence-corrected chi connectivity index (χ3v) is 3.75. The zero-order chi connectivity index (χ0) is 14.4. The van der Waals surface area contributed by atoms with Crippen LogP contribution in [0.1, 0.15) is 57.0 Å². The zero-order valence-electron chi connectivity index (χ0n) is 12.6. The number of hydrogen-bond donors (Lipinski definition) is 1. The molecule has 0 aliphatic rings. The molecule has 20 heavy (non-hydrogen) atoms. The molecule has 2 rings (SSSR count). The van der Waals surface area contributed by atoms with Crippen molar-refractivity contribution in [1.29, 1.82) is 0 Å². The monoisotopic (exact) mass is 272 g/mol. The number of hydrogen-bond acceptors (Lipinski definition) is 3. The molecule has 0 aromatic carbocycles. The maximum atomic E-state index is 4.66. The van der Waals surface area contributed by atoms with E-state index in [-0.39, 0.29) is 6.04 Å². The van der Waals surface area contributed by atoms with E-state index in [0.29, 0.717) is 6.04 Å². The average molecular weight is 272 g/mol. The molecule has 0 aliphatic carbocycles. The minimum absolute atomic E-state index is 0.280. The van der Waals surface area contributed by atoms with E-state index in [2.05, 4.69) is 59.2 Å². The van der Waals surface area contributed by atoms with Crippen molar-refractivity contribution in [2.24, 2.45) is 0 Å². The van der Waals surface area contributed by atoms with Gasteiger partial charge in [-0.2, -0.15) is 5.10 Å². The summed E-state index contributed by atoms with van der Waals surface area (Å²) in [5.74, 6) is 0. The summed E-state index contributed by atoms with van der Waals surface area (Å²) >= 11 is 0. The Hall–Kier alpha value is -1.68. The highest BCUT2D eigenvalue weighted by atomic mass is 15.3. The van der Waals surface area contributed by atoms with Crippen LogP contribution in [-0.4, -0.2) is 14.8 Å². The smallest absolute Gasteiger partial charge is 0.0762 e. The first-order chi connectivity index (χ1) is 9.74. The van der Waals surface area contributed by atoms with Gasteiger partial charge in [-0.25, -0.2) is 0 Å². The van der Waals surface area contributed by atoms with Gasteiger partial charge in [-0.1, -0.05) is 19.9 Å². The molecule has 1 N–H and O–H groups in total. The Balaban J connectivity index is 1.91. The second kappa shape index (κ2) is 7.20. The normalized spacial score (nSPS) is 12.8. The van der Waals surface area contributed by atoms with Gasteiger partial charge in [0, 0.05) is 31.2 Å². The molecule has 0 saturated carbocycles. The molecule has 0 amide bonds. The Labute approximate surface area is 121 Å². The molecule has 0 aliphatic heterocycles. The van der Waals surface area contributed by atoms with Gasteiger partial charge in [0.1, 0.15) is 0 Å². The second-order valence-corrected chi connectivity index (χ2v) is 5.15. The topological polar surface area (TPSA) is 42.7 Å². The van der Waals surface area contributed by atoms with Crippen LogP contribution in [0, 0.1) is 0 Å². The van der Waals surface area contributed by atoms with Crippen molar-refractivity contribution in [2.45, 2.75) is 52.2 Å². The predicted molar refractivity (Wildman–Crippen MR) is 81.3 cm³/mol. The van der Waals surface area contributed by atoms with Crippen LogP contribution in [0.4, 0.5) is 0 Å². The summed E-state index contributed by atoms with van der Waals surface area (Å²) in [4.78, 5) is 4.15. The standard InChI is InChI=1S/C16H24N4/c1-4-16(5-2)20-10-8-15(19-20)12-18-13(3)14-7-6-9-17-11-14/h6-11,13,16,18H,4-5,12H2,1-3H3/t13-/m0/s1. The Morgan fingerprint density at radius 3 is 2.70 bits per heavy atom. The van der Waals surface area contributed by atoms with Crippen molar-refractivity contribution in [3.05, 3.63) is 48.0 Å². The van der Waals surface area contributed by atoms with Gasteiger partial charge >= 0.3 is 0 Å². The summed E-state index contributed by atoms with van der Waals surface area (Å²) in [5.41, 5.74) is 2.29. The zero-order valence-corrected chi connectivity index (χ0v) is 12.6. The number of rotatable bonds is 7. The van der Waals surface area contributed by atoms with Crippen LogP contribution in [0.5, 0.6) is 0 Å². The molecule has 1 atom stereocenters. The minimum Gasteiger partial charge on any atom is -0.304 e. The van der Waals surface area contributed by atoms with Crippen LogP contribution < -0.4 is 5.32 Å². The van der Waals surface area contributed by atoms with E-state index in [1.165, 1.54) is 5.56 Å². The molecule has 0 radical (unpaired) electrons. The van der Waals surface area contributed by atoms with Crippen molar-refractivity contribution in [3.63, 3.8) is 0 Å². The molecule has 0 saturated heterocycles. The summed E-state index contributed by atoms with van der Waals surface area (Å²) in [6, 6.07) is 6.95. The van der Waals surface area contributed by atoms with Crippen LogP contribution in [-0.2, 0) is 6.54 Å². The maximum Gasteiger partial charge on any atom is 0.0762 e. The van der Waals surface area contributed by atoms with Gasteiger partial charge in [0.15, 0.2) is 0 Å². The van der Waals surface area contributed by atoms with Crippen LogP contribution in [0.3, 0.4) is 0 Å². The van der Waals surface area contributed by atoms with Gasteiger partial charge in [-0.05, 0) is 37.5 Å². The molecular formula is C16H24N4. The van der Waals surface area contributed by atoms with Gasteiger partial charge < -0.3 is 5.32 Å². The summed E-state index contributed by atoms with van der Waals surface area (Å²) < 4.78 is 2.09. The molecule has 108 valence electrons. The lowest BCUT2D eigenvalue weighted by atomic mass is 10.1. The molecule has 0 unspecified atom stereocenters. The van der Waals surface area contributed by atoms with E-state index in [9.17, 15) is 0 Å². The van der Waals surface area contributed by atoms with Gasteiger partial charge in [0.05, 0.1) is 11.7 Å². The molecule has 4 heteroatoms. The van der Waals surface area contributed by atoms with E-state index in [1.807, 2.05) is 12.3 Å². The minimum atomic E-state index is 0.280. The number of aromatic nitrogens is 3. The van der Waals surface area contributed by atoms with Crippen molar-refractivity contribution >= 4 is 0 Å². The quantitative estimate of drug-likeness (QED) is 0.839. The number of pyridine rings is 1. The fraction of sp³-hybridized carbons (Fsp3) is 0.500. The molecule has 2 aromatic rings. The van der Waals surface area contributed by atoms with Gasteiger partial charge in [-0.15, -0.1) is 0 Å². The lowest BCUT2D eigenvalue weighted by molar-refractivity contribution is 0.423. The lowest BCUT2D eigenvalue weighted by Gasteiger charge is -2.14. The first-order valence-corrected chi connectivity index (χ1v) is 7.41. The van der Waals surface area contributed by atoms with Crippen LogP contribution in [0.2, 0.25) is 0 Å². The second-order valence-electron chi connectivity index (χ2n) is 5.15. The summed E-state index contributed by atoms with van der Waals surface area (Å²) in [6.45, 7) is 7.34. The molecule has 0 bridgehead atoms. The van der Waals surface area contributed by atoms with Crippen molar-refractivity contribution < 1.29 is 0 Å². The molecule has 4 nitrogen and oxygen atoms in total. The Bertz CT molecular complexity index is 502. The third kappa shape index (κ3) is 3.67. The van der Waals surface area contributed by atoms with Crippen molar-refractivity contribution in [2.75, 3.05) is 0 Å². The lowest BCUT2D eigenvalue weighted by Crippen LogP contribution is -2.19. The molecule has 2 aromatic heterocycles. The average Bonchev–Trinajstić information content (AvgIpc) is 2.96. The number of nitrogens with zero attached hydrogens (tertiary/aromatic N) is 3. The Morgan fingerprint density at radius 1 is 1.25 bits per heavy atom. The van der Waals surface area contributed by atoms with Gasteiger partial charge in [-0.3, -0.25) is 9.67 Å². The highest BCUT2D eigenvalue weighted by Gasteiger charge is 2.09.